The fourth-order valence-electron chi connectivity index (χ4n) is 2.90. The van der Waals surface area contributed by atoms with Crippen LogP contribution in [-0.4, -0.2) is 16.8 Å². The first-order valence-electron chi connectivity index (χ1n) is 7.05. The maximum atomic E-state index is 4.29. The average Bonchev–Trinajstić information content (AvgIpc) is 2.93. The average molecular weight is 275 g/mol. The highest BCUT2D eigenvalue weighted by Gasteiger charge is 2.19. The molecule has 2 heterocycles. The Kier molecular flexibility index (Phi) is 3.71. The van der Waals surface area contributed by atoms with E-state index in [0.29, 0.717) is 0 Å². The zero-order valence-electron chi connectivity index (χ0n) is 11.6. The topological polar surface area (TPSA) is 29.9 Å². The Morgan fingerprint density at radius 2 is 2.16 bits per heavy atom. The number of nitrogens with one attached hydrogen (secondary N) is 1. The van der Waals surface area contributed by atoms with E-state index in [1.807, 2.05) is 36.3 Å². The Bertz CT molecular complexity index is 532. The quantitative estimate of drug-likeness (QED) is 0.873. The van der Waals surface area contributed by atoms with Gasteiger partial charge in [0.05, 0.1) is 12.2 Å². The summed E-state index contributed by atoms with van der Waals surface area (Å²) in [5, 5.41) is 7.72. The predicted molar refractivity (Wildman–Crippen MR) is 79.7 cm³/mol. The molecule has 2 aromatic heterocycles. The molecule has 102 valence electrons. The monoisotopic (exact) mass is 275 g/mol. The molecule has 19 heavy (non-hydrogen) atoms. The zero-order valence-corrected chi connectivity index (χ0v) is 12.5. The standard InChI is InChI=1S/C15H21N3S/c1-16-15(12-9-17-18(2)10-12)14-8-11-6-4-3-5-7-13(11)19-14/h8-10,15-16H,3-7H2,1-2H3. The van der Waals surface area contributed by atoms with Crippen LogP contribution in [0.1, 0.15) is 46.2 Å². The maximum absolute atomic E-state index is 4.29. The molecule has 0 amide bonds. The van der Waals surface area contributed by atoms with Gasteiger partial charge in [0.2, 0.25) is 0 Å². The third kappa shape index (κ3) is 2.60. The molecule has 1 N–H and O–H groups in total. The summed E-state index contributed by atoms with van der Waals surface area (Å²) in [5.41, 5.74) is 2.84. The van der Waals surface area contributed by atoms with E-state index in [4.69, 9.17) is 0 Å². The Balaban J connectivity index is 1.91. The van der Waals surface area contributed by atoms with Gasteiger partial charge in [0.25, 0.3) is 0 Å². The zero-order chi connectivity index (χ0) is 13.2. The van der Waals surface area contributed by atoms with Crippen molar-refractivity contribution in [2.75, 3.05) is 7.05 Å². The first-order valence-corrected chi connectivity index (χ1v) is 7.87. The molecule has 0 fully saturated rings. The number of hydrogen-bond donors (Lipinski definition) is 1. The van der Waals surface area contributed by atoms with Gasteiger partial charge in [0.15, 0.2) is 0 Å². The number of aryl methyl sites for hydroxylation is 3. The highest BCUT2D eigenvalue weighted by atomic mass is 32.1. The lowest BCUT2D eigenvalue weighted by atomic mass is 10.1. The fourth-order valence-corrected chi connectivity index (χ4v) is 4.29. The van der Waals surface area contributed by atoms with Crippen LogP contribution in [0, 0.1) is 0 Å². The van der Waals surface area contributed by atoms with Crippen LogP contribution >= 0.6 is 11.3 Å². The second-order valence-electron chi connectivity index (χ2n) is 5.33. The van der Waals surface area contributed by atoms with Crippen molar-refractivity contribution >= 4 is 11.3 Å². The molecule has 3 nitrogen and oxygen atoms in total. The van der Waals surface area contributed by atoms with E-state index in [2.05, 4.69) is 22.7 Å². The predicted octanol–water partition coefficient (Wildman–Crippen LogP) is 3.06. The number of thiophene rings is 1. The van der Waals surface area contributed by atoms with Gasteiger partial charge in [0.1, 0.15) is 0 Å². The van der Waals surface area contributed by atoms with Crippen molar-refractivity contribution in [3.05, 3.63) is 39.3 Å². The van der Waals surface area contributed by atoms with E-state index < -0.39 is 0 Å². The molecule has 3 rings (SSSR count). The van der Waals surface area contributed by atoms with Gasteiger partial charge >= 0.3 is 0 Å². The lowest BCUT2D eigenvalue weighted by Crippen LogP contribution is -2.15. The van der Waals surface area contributed by atoms with Crippen molar-refractivity contribution in [1.29, 1.82) is 0 Å². The molecule has 0 saturated carbocycles. The van der Waals surface area contributed by atoms with Crippen LogP contribution in [0.4, 0.5) is 0 Å². The lowest BCUT2D eigenvalue weighted by molar-refractivity contribution is 0.696. The van der Waals surface area contributed by atoms with Crippen LogP contribution in [0.25, 0.3) is 0 Å². The van der Waals surface area contributed by atoms with Crippen LogP contribution in [0.15, 0.2) is 18.5 Å². The molecule has 4 heteroatoms. The minimum Gasteiger partial charge on any atom is -0.309 e. The first kappa shape index (κ1) is 12.9. The van der Waals surface area contributed by atoms with Crippen molar-refractivity contribution in [3.8, 4) is 0 Å². The molecule has 2 aromatic rings. The third-order valence-electron chi connectivity index (χ3n) is 3.90. The fraction of sp³-hybridized carbons (Fsp3) is 0.533. The number of aromatic nitrogens is 2. The van der Waals surface area contributed by atoms with Crippen LogP contribution in [0.5, 0.6) is 0 Å². The number of hydrogen-bond acceptors (Lipinski definition) is 3. The first-order chi connectivity index (χ1) is 9.28. The normalized spacial score (nSPS) is 16.9. The minimum atomic E-state index is 0.283. The molecule has 1 aliphatic rings. The molecular formula is C15H21N3S. The molecule has 0 bridgehead atoms. The van der Waals surface area contributed by atoms with Crippen LogP contribution in [-0.2, 0) is 19.9 Å². The summed E-state index contributed by atoms with van der Waals surface area (Å²) in [6, 6.07) is 2.70. The van der Waals surface area contributed by atoms with Gasteiger partial charge in [-0.25, -0.2) is 0 Å². The van der Waals surface area contributed by atoms with E-state index >= 15 is 0 Å². The van der Waals surface area contributed by atoms with Crippen LogP contribution < -0.4 is 5.32 Å². The van der Waals surface area contributed by atoms with E-state index in [1.165, 1.54) is 42.5 Å². The van der Waals surface area contributed by atoms with Crippen molar-refractivity contribution in [2.24, 2.45) is 7.05 Å². The van der Waals surface area contributed by atoms with Gasteiger partial charge in [-0.2, -0.15) is 5.10 Å². The summed E-state index contributed by atoms with van der Waals surface area (Å²) in [6.45, 7) is 0. The van der Waals surface area contributed by atoms with Crippen molar-refractivity contribution in [3.63, 3.8) is 0 Å². The van der Waals surface area contributed by atoms with Crippen molar-refractivity contribution < 1.29 is 0 Å². The van der Waals surface area contributed by atoms with Crippen LogP contribution in [0.2, 0.25) is 0 Å². The van der Waals surface area contributed by atoms with Gasteiger partial charge in [-0.05, 0) is 44.4 Å². The molecule has 1 atom stereocenters. The summed E-state index contributed by atoms with van der Waals surface area (Å²) in [7, 11) is 4.00. The van der Waals surface area contributed by atoms with E-state index in [9.17, 15) is 0 Å². The molecule has 1 unspecified atom stereocenters. The van der Waals surface area contributed by atoms with Gasteiger partial charge < -0.3 is 5.32 Å². The molecule has 0 aliphatic heterocycles. The molecular weight excluding hydrogens is 254 g/mol. The molecule has 0 radical (unpaired) electrons. The van der Waals surface area contributed by atoms with Gasteiger partial charge in [-0.15, -0.1) is 11.3 Å². The maximum Gasteiger partial charge on any atom is 0.0699 e. The third-order valence-corrected chi connectivity index (χ3v) is 5.20. The summed E-state index contributed by atoms with van der Waals surface area (Å²) in [5.74, 6) is 0. The van der Waals surface area contributed by atoms with Gasteiger partial charge in [-0.3, -0.25) is 4.68 Å². The summed E-state index contributed by atoms with van der Waals surface area (Å²) in [6.07, 6.45) is 10.7. The van der Waals surface area contributed by atoms with Gasteiger partial charge in [-0.1, -0.05) is 6.42 Å². The largest absolute Gasteiger partial charge is 0.309 e. The summed E-state index contributed by atoms with van der Waals surface area (Å²) in [4.78, 5) is 3.04. The second kappa shape index (κ2) is 5.47. The van der Waals surface area contributed by atoms with Gasteiger partial charge in [0, 0.05) is 28.6 Å². The SMILES string of the molecule is CNC(c1cnn(C)c1)c1cc2c(s1)CCCCC2. The summed E-state index contributed by atoms with van der Waals surface area (Å²) < 4.78 is 1.87. The Morgan fingerprint density at radius 3 is 2.89 bits per heavy atom. The van der Waals surface area contributed by atoms with Crippen molar-refractivity contribution in [2.45, 2.75) is 38.1 Å². The highest BCUT2D eigenvalue weighted by molar-refractivity contribution is 7.12. The number of fused-ring (bicyclic) bond motifs is 1. The molecule has 0 aromatic carbocycles. The molecule has 0 spiro atoms. The number of rotatable bonds is 3. The Labute approximate surface area is 118 Å². The minimum absolute atomic E-state index is 0.283. The van der Waals surface area contributed by atoms with E-state index in [0.717, 1.165) is 0 Å². The molecule has 1 aliphatic carbocycles. The Hall–Kier alpha value is -1.13. The number of nitrogens with zero attached hydrogens (tertiary/aromatic N) is 2. The second-order valence-corrected chi connectivity index (χ2v) is 6.50. The molecule has 0 saturated heterocycles. The van der Waals surface area contributed by atoms with E-state index in [-0.39, 0.29) is 6.04 Å². The van der Waals surface area contributed by atoms with Crippen LogP contribution in [0.3, 0.4) is 0 Å². The Morgan fingerprint density at radius 1 is 1.32 bits per heavy atom. The summed E-state index contributed by atoms with van der Waals surface area (Å²) >= 11 is 1.99. The van der Waals surface area contributed by atoms with E-state index in [1.54, 1.807) is 10.4 Å². The highest BCUT2D eigenvalue weighted by Crippen LogP contribution is 2.34. The van der Waals surface area contributed by atoms with Crippen molar-refractivity contribution in [1.82, 2.24) is 15.1 Å². The lowest BCUT2D eigenvalue weighted by Gasteiger charge is -2.12. The smallest absolute Gasteiger partial charge is 0.0699 e.